The molecular weight excluding hydrogens is 649 g/mol. The molecule has 0 spiro atoms. The number of fused-ring (bicyclic) bond motifs is 3. The zero-order chi connectivity index (χ0) is 37.0. The lowest BCUT2D eigenvalue weighted by Crippen LogP contribution is -1.99. The molecule has 6 aromatic rings. The highest BCUT2D eigenvalue weighted by Gasteiger charge is 2.21. The monoisotopic (exact) mass is 696 g/mol. The number of hydrogen-bond acceptors (Lipinski definition) is 0. The van der Waals surface area contributed by atoms with E-state index in [1.54, 1.807) is 0 Å². The van der Waals surface area contributed by atoms with Crippen LogP contribution in [-0.4, -0.2) is 0 Å². The van der Waals surface area contributed by atoms with Crippen LogP contribution in [0.5, 0.6) is 0 Å². The lowest BCUT2D eigenvalue weighted by molar-refractivity contribution is 1.04. The van der Waals surface area contributed by atoms with E-state index in [4.69, 9.17) is 0 Å². The Bertz CT molecular complexity index is 2560. The fraction of sp³-hybridized carbons (Fsp3) is 0.148. The van der Waals surface area contributed by atoms with Crippen molar-refractivity contribution < 1.29 is 0 Å². The van der Waals surface area contributed by atoms with Crippen molar-refractivity contribution in [2.24, 2.45) is 0 Å². The molecule has 0 saturated heterocycles. The van der Waals surface area contributed by atoms with Crippen molar-refractivity contribution >= 4 is 28.5 Å². The van der Waals surface area contributed by atoms with E-state index >= 15 is 0 Å². The molecule has 3 aliphatic rings. The SMILES string of the molecule is CC.Cc1ccc(-c2cccc(-c3c4c(c(-c5ccc(C6=CCCC=C6)cc5)c5ccccc35)C=CC=CC4)c2)cc1-c1cc2c(cc1C)CC=CC=C2. The maximum absolute atomic E-state index is 2.41. The largest absolute Gasteiger partial charge is 0.0836 e. The van der Waals surface area contributed by atoms with Crippen molar-refractivity contribution in [3.05, 3.63) is 197 Å². The molecule has 0 fully saturated rings. The van der Waals surface area contributed by atoms with Crippen LogP contribution in [0.25, 0.3) is 73.0 Å². The first-order chi connectivity index (χ1) is 26.6. The zero-order valence-electron chi connectivity index (χ0n) is 32.0. The molecule has 6 aromatic carbocycles. The second-order valence-electron chi connectivity index (χ2n) is 14.4. The molecular formula is C54H48. The molecule has 0 bridgehead atoms. The van der Waals surface area contributed by atoms with Crippen LogP contribution in [0.4, 0.5) is 0 Å². The van der Waals surface area contributed by atoms with E-state index in [9.17, 15) is 0 Å². The van der Waals surface area contributed by atoms with Gasteiger partial charge in [0.05, 0.1) is 0 Å². The average molecular weight is 697 g/mol. The third-order valence-corrected chi connectivity index (χ3v) is 11.1. The van der Waals surface area contributed by atoms with E-state index in [1.807, 2.05) is 13.8 Å². The lowest BCUT2D eigenvalue weighted by Gasteiger charge is -2.22. The topological polar surface area (TPSA) is 0 Å². The smallest absolute Gasteiger partial charge is 0.00295 e. The third kappa shape index (κ3) is 6.70. The van der Waals surface area contributed by atoms with E-state index in [0.717, 1.165) is 25.7 Å². The molecule has 264 valence electrons. The highest BCUT2D eigenvalue weighted by Crippen LogP contribution is 2.45. The number of benzene rings is 6. The van der Waals surface area contributed by atoms with Gasteiger partial charge in [0.1, 0.15) is 0 Å². The molecule has 0 aromatic heterocycles. The third-order valence-electron chi connectivity index (χ3n) is 11.1. The van der Waals surface area contributed by atoms with Crippen LogP contribution in [-0.2, 0) is 12.8 Å². The molecule has 0 saturated carbocycles. The predicted molar refractivity (Wildman–Crippen MR) is 237 cm³/mol. The summed E-state index contributed by atoms with van der Waals surface area (Å²) in [5.41, 5.74) is 20.9. The van der Waals surface area contributed by atoms with E-state index in [0.29, 0.717) is 0 Å². The molecule has 0 atom stereocenters. The van der Waals surface area contributed by atoms with Crippen molar-refractivity contribution in [3.63, 3.8) is 0 Å². The van der Waals surface area contributed by atoms with Crippen LogP contribution in [0.1, 0.15) is 65.6 Å². The van der Waals surface area contributed by atoms with Crippen molar-refractivity contribution in [2.45, 2.75) is 53.4 Å². The maximum atomic E-state index is 2.41. The summed E-state index contributed by atoms with van der Waals surface area (Å²) in [5, 5.41) is 2.59. The van der Waals surface area contributed by atoms with Crippen LogP contribution in [0.3, 0.4) is 0 Å². The summed E-state index contributed by atoms with van der Waals surface area (Å²) < 4.78 is 0. The van der Waals surface area contributed by atoms with Crippen LogP contribution in [0.15, 0.2) is 158 Å². The van der Waals surface area contributed by atoms with Gasteiger partial charge in [-0.15, -0.1) is 0 Å². The number of aryl methyl sites for hydroxylation is 2. The van der Waals surface area contributed by atoms with Gasteiger partial charge < -0.3 is 0 Å². The summed E-state index contributed by atoms with van der Waals surface area (Å²) in [6, 6.07) is 39.2. The van der Waals surface area contributed by atoms with Gasteiger partial charge >= 0.3 is 0 Å². The second-order valence-corrected chi connectivity index (χ2v) is 14.4. The average Bonchev–Trinajstić information content (AvgIpc) is 3.62. The molecule has 0 nitrogen and oxygen atoms in total. The van der Waals surface area contributed by atoms with Crippen LogP contribution < -0.4 is 0 Å². The fourth-order valence-corrected chi connectivity index (χ4v) is 8.41. The second kappa shape index (κ2) is 15.6. The fourth-order valence-electron chi connectivity index (χ4n) is 8.41. The van der Waals surface area contributed by atoms with Crippen molar-refractivity contribution in [1.82, 2.24) is 0 Å². The maximum Gasteiger partial charge on any atom is -0.00295 e. The van der Waals surface area contributed by atoms with Gasteiger partial charge in [-0.2, -0.15) is 0 Å². The Labute approximate surface area is 321 Å². The highest BCUT2D eigenvalue weighted by molar-refractivity contribution is 6.10. The van der Waals surface area contributed by atoms with Gasteiger partial charge in [-0.25, -0.2) is 0 Å². The minimum absolute atomic E-state index is 0.881. The summed E-state index contributed by atoms with van der Waals surface area (Å²) >= 11 is 0. The Kier molecular flexibility index (Phi) is 10.1. The molecule has 0 unspecified atom stereocenters. The standard InChI is InChI=1S/C52H42.C2H6/c1-35-25-26-43(34-49(35)50-33-42-18-9-4-8-17-40(42)31-36(50)2)41-19-14-20-44(32-41)52-47-22-11-5-10-21-45(47)51(46-23-12-13-24-48(46)52)39-29-27-38(28-30-39)37-15-6-3-7-16-37;1-2/h4-6,8-16,18-21,23-34H,3,7,17,22H2,1-2H3;1-2H3. The van der Waals surface area contributed by atoms with Gasteiger partial charge in [0.2, 0.25) is 0 Å². The minimum atomic E-state index is 0.881. The number of hydrogen-bond donors (Lipinski definition) is 0. The van der Waals surface area contributed by atoms with E-state index in [1.165, 1.54) is 99.8 Å². The van der Waals surface area contributed by atoms with Crippen LogP contribution in [0, 0.1) is 13.8 Å². The van der Waals surface area contributed by atoms with Gasteiger partial charge in [-0.1, -0.05) is 166 Å². The van der Waals surface area contributed by atoms with Gasteiger partial charge in [-0.05, 0) is 158 Å². The van der Waals surface area contributed by atoms with E-state index in [-0.39, 0.29) is 0 Å². The summed E-state index contributed by atoms with van der Waals surface area (Å²) in [6.45, 7) is 8.49. The Morgan fingerprint density at radius 1 is 0.463 bits per heavy atom. The number of rotatable bonds is 5. The Morgan fingerprint density at radius 3 is 1.94 bits per heavy atom. The molecule has 0 amide bonds. The molecule has 0 heterocycles. The lowest BCUT2D eigenvalue weighted by atomic mass is 9.82. The molecule has 0 aliphatic heterocycles. The first kappa shape index (κ1) is 35.1. The van der Waals surface area contributed by atoms with Crippen molar-refractivity contribution in [3.8, 4) is 44.5 Å². The van der Waals surface area contributed by atoms with Crippen molar-refractivity contribution in [1.29, 1.82) is 0 Å². The molecule has 54 heavy (non-hydrogen) atoms. The predicted octanol–water partition coefficient (Wildman–Crippen LogP) is 15.1. The molecule has 3 aliphatic carbocycles. The molecule has 9 rings (SSSR count). The first-order valence-corrected chi connectivity index (χ1v) is 19.7. The summed E-state index contributed by atoms with van der Waals surface area (Å²) in [4.78, 5) is 0. The van der Waals surface area contributed by atoms with E-state index in [2.05, 4.69) is 184 Å². The molecule has 0 N–H and O–H groups in total. The number of allylic oxidation sites excluding steroid dienone is 10. The van der Waals surface area contributed by atoms with Gasteiger partial charge in [-0.3, -0.25) is 0 Å². The van der Waals surface area contributed by atoms with Crippen molar-refractivity contribution in [2.75, 3.05) is 0 Å². The summed E-state index contributed by atoms with van der Waals surface area (Å²) in [6.07, 6.45) is 28.8. The molecule has 0 heteroatoms. The summed E-state index contributed by atoms with van der Waals surface area (Å²) in [5.74, 6) is 0. The normalized spacial score (nSPS) is 14.1. The minimum Gasteiger partial charge on any atom is -0.0836 e. The molecule has 0 radical (unpaired) electrons. The Balaban J connectivity index is 0.00000203. The van der Waals surface area contributed by atoms with Gasteiger partial charge in [0, 0.05) is 0 Å². The van der Waals surface area contributed by atoms with Gasteiger partial charge in [0.15, 0.2) is 0 Å². The zero-order valence-corrected chi connectivity index (χ0v) is 32.0. The van der Waals surface area contributed by atoms with E-state index < -0.39 is 0 Å². The first-order valence-electron chi connectivity index (χ1n) is 19.7. The Morgan fingerprint density at radius 2 is 1.15 bits per heavy atom. The quantitative estimate of drug-likeness (QED) is 0.168. The highest BCUT2D eigenvalue weighted by atomic mass is 14.2. The van der Waals surface area contributed by atoms with Crippen LogP contribution >= 0.6 is 0 Å². The summed E-state index contributed by atoms with van der Waals surface area (Å²) in [7, 11) is 0. The van der Waals surface area contributed by atoms with Gasteiger partial charge in [0.25, 0.3) is 0 Å². The Hall–Kier alpha value is -5.98. The van der Waals surface area contributed by atoms with Crippen LogP contribution in [0.2, 0.25) is 0 Å².